The van der Waals surface area contributed by atoms with Crippen LogP contribution in [0.2, 0.25) is 0 Å². The van der Waals surface area contributed by atoms with E-state index in [1.54, 1.807) is 36.7 Å². The van der Waals surface area contributed by atoms with Crippen molar-refractivity contribution in [3.05, 3.63) is 101 Å². The molecule has 1 aliphatic heterocycles. The Morgan fingerprint density at radius 1 is 1.21 bits per heavy atom. The number of hydrogen-bond acceptors (Lipinski definition) is 7. The molecular weight excluding hydrogens is 535 g/mol. The van der Waals surface area contributed by atoms with Gasteiger partial charge in [0.25, 0.3) is 0 Å². The molecule has 3 heterocycles. The number of primary amides is 1. The molecule has 1 unspecified atom stereocenters. The number of amides is 1. The second-order valence-corrected chi connectivity index (χ2v) is 10.2. The number of aryl methyl sites for hydroxylation is 1. The summed E-state index contributed by atoms with van der Waals surface area (Å²) in [6, 6.07) is 17.3. The summed E-state index contributed by atoms with van der Waals surface area (Å²) in [5.41, 5.74) is 15.1. The first-order chi connectivity index (χ1) is 20.4. The van der Waals surface area contributed by atoms with Crippen LogP contribution in [0.4, 0.5) is 15.9 Å². The number of imidazole rings is 1. The Labute approximate surface area is 242 Å². The van der Waals surface area contributed by atoms with E-state index >= 15 is 4.39 Å². The highest BCUT2D eigenvalue weighted by Gasteiger charge is 2.27. The lowest BCUT2D eigenvalue weighted by Gasteiger charge is -2.23. The highest BCUT2D eigenvalue weighted by atomic mass is 19.1. The minimum absolute atomic E-state index is 0.176. The van der Waals surface area contributed by atoms with Gasteiger partial charge in [-0.3, -0.25) is 4.79 Å². The summed E-state index contributed by atoms with van der Waals surface area (Å²) in [6.07, 6.45) is 4.49. The lowest BCUT2D eigenvalue weighted by atomic mass is 9.99. The van der Waals surface area contributed by atoms with Gasteiger partial charge in [0, 0.05) is 46.6 Å². The SMILES string of the molecule is CCc1cc(O[C@H]2CCOC2)c(F)c(C(Nc2ccc3c(N)nccc3c2)c2nc(-c3ccccc3C(N)=O)c[nH]2)c1. The van der Waals surface area contributed by atoms with Crippen molar-refractivity contribution in [2.45, 2.75) is 31.9 Å². The van der Waals surface area contributed by atoms with Crippen LogP contribution >= 0.6 is 0 Å². The molecular formula is C32H31FN6O3. The summed E-state index contributed by atoms with van der Waals surface area (Å²) >= 11 is 0. The summed E-state index contributed by atoms with van der Waals surface area (Å²) in [4.78, 5) is 24.3. The Kier molecular flexibility index (Phi) is 7.45. The lowest BCUT2D eigenvalue weighted by molar-refractivity contribution is 0.100. The maximum absolute atomic E-state index is 16.4. The third-order valence-electron chi connectivity index (χ3n) is 7.47. The van der Waals surface area contributed by atoms with E-state index in [0.717, 1.165) is 22.0 Å². The van der Waals surface area contributed by atoms with Crippen LogP contribution in [-0.4, -0.2) is 40.2 Å². The third-order valence-corrected chi connectivity index (χ3v) is 7.47. The zero-order valence-corrected chi connectivity index (χ0v) is 23.1. The number of nitrogen functional groups attached to an aromatic ring is 1. The number of rotatable bonds is 9. The number of nitrogens with zero attached hydrogens (tertiary/aromatic N) is 2. The molecule has 6 N–H and O–H groups in total. The standard InChI is InChI=1S/C32H31FN6O3/c1-2-18-13-25(28(33)27(14-18)42-21-10-12-41-17-21)29(38-20-7-8-22-19(15-20)9-11-36-30(22)34)32-37-16-26(39-32)23-5-3-4-6-24(23)31(35)40/h3-9,11,13-16,21,29,38H,2,10,12,17H2,1H3,(H2,34,36)(H2,35,40)(H,37,39)/t21-,29?/m0/s1. The summed E-state index contributed by atoms with van der Waals surface area (Å²) in [5, 5.41) is 5.17. The van der Waals surface area contributed by atoms with E-state index in [0.29, 0.717) is 60.1 Å². The van der Waals surface area contributed by atoms with Crippen LogP contribution in [-0.2, 0) is 11.2 Å². The molecule has 0 bridgehead atoms. The predicted octanol–water partition coefficient (Wildman–Crippen LogP) is 5.38. The molecule has 0 spiro atoms. The van der Waals surface area contributed by atoms with E-state index in [4.69, 9.17) is 25.9 Å². The second kappa shape index (κ2) is 11.5. The van der Waals surface area contributed by atoms with Gasteiger partial charge in [-0.2, -0.15) is 0 Å². The molecule has 1 saturated heterocycles. The number of aromatic amines is 1. The number of halogens is 1. The van der Waals surface area contributed by atoms with Crippen LogP contribution in [0.15, 0.2) is 73.1 Å². The number of hydrogen-bond donors (Lipinski definition) is 4. The van der Waals surface area contributed by atoms with Gasteiger partial charge in [-0.25, -0.2) is 14.4 Å². The summed E-state index contributed by atoms with van der Waals surface area (Å²) < 4.78 is 27.9. The molecule has 5 aromatic rings. The number of anilines is 2. The Bertz CT molecular complexity index is 1770. The van der Waals surface area contributed by atoms with E-state index in [1.165, 1.54) is 0 Å². The molecule has 214 valence electrons. The van der Waals surface area contributed by atoms with Crippen LogP contribution in [0, 0.1) is 5.82 Å². The first kappa shape index (κ1) is 27.2. The van der Waals surface area contributed by atoms with Gasteiger partial charge < -0.3 is 31.2 Å². The fourth-order valence-corrected chi connectivity index (χ4v) is 5.26. The van der Waals surface area contributed by atoms with Crippen LogP contribution < -0.4 is 21.5 Å². The van der Waals surface area contributed by atoms with Crippen molar-refractivity contribution in [3.63, 3.8) is 0 Å². The summed E-state index contributed by atoms with van der Waals surface area (Å²) in [7, 11) is 0. The number of benzene rings is 3. The van der Waals surface area contributed by atoms with Crippen molar-refractivity contribution in [1.29, 1.82) is 0 Å². The molecule has 42 heavy (non-hydrogen) atoms. The average Bonchev–Trinajstić information content (AvgIpc) is 3.70. The molecule has 1 fully saturated rings. The first-order valence-corrected chi connectivity index (χ1v) is 13.8. The number of nitrogens with two attached hydrogens (primary N) is 2. The zero-order chi connectivity index (χ0) is 29.2. The quantitative estimate of drug-likeness (QED) is 0.188. The number of ether oxygens (including phenoxy) is 2. The van der Waals surface area contributed by atoms with Gasteiger partial charge in [0.15, 0.2) is 11.6 Å². The van der Waals surface area contributed by atoms with Gasteiger partial charge in [-0.15, -0.1) is 0 Å². The van der Waals surface area contributed by atoms with Crippen molar-refractivity contribution in [2.75, 3.05) is 24.3 Å². The number of carbonyl (C=O) groups excluding carboxylic acids is 1. The van der Waals surface area contributed by atoms with E-state index < -0.39 is 17.8 Å². The smallest absolute Gasteiger partial charge is 0.249 e. The fourth-order valence-electron chi connectivity index (χ4n) is 5.26. The lowest BCUT2D eigenvalue weighted by Crippen LogP contribution is -2.20. The van der Waals surface area contributed by atoms with E-state index in [1.807, 2.05) is 43.3 Å². The highest BCUT2D eigenvalue weighted by molar-refractivity contribution is 5.99. The van der Waals surface area contributed by atoms with Crippen molar-refractivity contribution in [3.8, 4) is 17.0 Å². The molecule has 0 aliphatic carbocycles. The normalized spacial score (nSPS) is 15.5. The number of aromatic nitrogens is 3. The molecule has 2 atom stereocenters. The molecule has 10 heteroatoms. The molecule has 0 saturated carbocycles. The van der Waals surface area contributed by atoms with E-state index in [-0.39, 0.29) is 11.9 Å². The highest BCUT2D eigenvalue weighted by Crippen LogP contribution is 2.36. The minimum Gasteiger partial charge on any atom is -0.485 e. The van der Waals surface area contributed by atoms with E-state index in [9.17, 15) is 4.79 Å². The van der Waals surface area contributed by atoms with Gasteiger partial charge in [0.05, 0.1) is 18.9 Å². The monoisotopic (exact) mass is 566 g/mol. The Hall–Kier alpha value is -4.96. The number of fused-ring (bicyclic) bond motifs is 1. The maximum atomic E-state index is 16.4. The average molecular weight is 567 g/mol. The largest absolute Gasteiger partial charge is 0.485 e. The Morgan fingerprint density at radius 2 is 2.07 bits per heavy atom. The van der Waals surface area contributed by atoms with Crippen molar-refractivity contribution >= 4 is 28.2 Å². The second-order valence-electron chi connectivity index (χ2n) is 10.2. The minimum atomic E-state index is -0.746. The van der Waals surface area contributed by atoms with Gasteiger partial charge >= 0.3 is 0 Å². The van der Waals surface area contributed by atoms with Crippen LogP contribution in [0.25, 0.3) is 22.0 Å². The zero-order valence-electron chi connectivity index (χ0n) is 23.1. The fraction of sp³-hybridized carbons (Fsp3) is 0.219. The van der Waals surface area contributed by atoms with Crippen LogP contribution in [0.5, 0.6) is 5.75 Å². The number of carbonyl (C=O) groups is 1. The van der Waals surface area contributed by atoms with Gasteiger partial charge in [-0.05, 0) is 53.8 Å². The van der Waals surface area contributed by atoms with Crippen molar-refractivity contribution in [1.82, 2.24) is 15.0 Å². The molecule has 0 radical (unpaired) electrons. The van der Waals surface area contributed by atoms with Gasteiger partial charge in [-0.1, -0.05) is 31.2 Å². The van der Waals surface area contributed by atoms with Crippen LogP contribution in [0.3, 0.4) is 0 Å². The number of nitrogens with one attached hydrogen (secondary N) is 2. The maximum Gasteiger partial charge on any atom is 0.249 e. The molecule has 9 nitrogen and oxygen atoms in total. The molecule has 1 amide bonds. The molecule has 3 aromatic carbocycles. The molecule has 1 aliphatic rings. The topological polar surface area (TPSA) is 141 Å². The van der Waals surface area contributed by atoms with Crippen LogP contribution in [0.1, 0.15) is 46.7 Å². The van der Waals surface area contributed by atoms with Gasteiger partial charge in [0.2, 0.25) is 5.91 Å². The predicted molar refractivity (Wildman–Crippen MR) is 160 cm³/mol. The first-order valence-electron chi connectivity index (χ1n) is 13.8. The Morgan fingerprint density at radius 3 is 2.86 bits per heavy atom. The molecule has 6 rings (SSSR count). The Balaban J connectivity index is 1.46. The van der Waals surface area contributed by atoms with Crippen molar-refractivity contribution < 1.29 is 18.7 Å². The van der Waals surface area contributed by atoms with Gasteiger partial charge in [0.1, 0.15) is 23.8 Å². The van der Waals surface area contributed by atoms with Crippen molar-refractivity contribution in [2.24, 2.45) is 5.73 Å². The number of pyridine rings is 1. The van der Waals surface area contributed by atoms with E-state index in [2.05, 4.69) is 15.3 Å². The summed E-state index contributed by atoms with van der Waals surface area (Å²) in [6.45, 7) is 3.01. The third kappa shape index (κ3) is 5.36. The number of H-pyrrole nitrogens is 1. The molecule has 2 aromatic heterocycles. The summed E-state index contributed by atoms with van der Waals surface area (Å²) in [5.74, 6) is 0.00462.